The monoisotopic (exact) mass is 593 g/mol. The van der Waals surface area contributed by atoms with Gasteiger partial charge in [0.05, 0.1) is 11.4 Å². The normalized spacial score (nSPS) is 15.6. The Morgan fingerprint density at radius 2 is 1.78 bits per heavy atom. The summed E-state index contributed by atoms with van der Waals surface area (Å²) in [4.78, 5) is 16.8. The Morgan fingerprint density at radius 1 is 0.956 bits per heavy atom. The summed E-state index contributed by atoms with van der Waals surface area (Å²) in [7, 11) is 0. The van der Waals surface area contributed by atoms with Gasteiger partial charge in [0.2, 0.25) is 5.91 Å². The van der Waals surface area contributed by atoms with Gasteiger partial charge in [-0.15, -0.1) is 0 Å². The molecule has 1 atom stereocenters. The van der Waals surface area contributed by atoms with Crippen molar-refractivity contribution in [3.63, 3.8) is 0 Å². The zero-order valence-electron chi connectivity index (χ0n) is 25.4. The van der Waals surface area contributed by atoms with Gasteiger partial charge in [-0.05, 0) is 97.6 Å². The maximum atomic E-state index is 11.9. The van der Waals surface area contributed by atoms with Gasteiger partial charge in [0, 0.05) is 23.7 Å². The van der Waals surface area contributed by atoms with Crippen molar-refractivity contribution in [3.8, 4) is 28.3 Å². The molecule has 0 saturated heterocycles. The Hall–Kier alpha value is -5.69. The van der Waals surface area contributed by atoms with Crippen LogP contribution >= 0.6 is 0 Å². The third-order valence-electron chi connectivity index (χ3n) is 7.63. The molecule has 5 aromatic rings. The maximum absolute atomic E-state index is 11.9. The highest BCUT2D eigenvalue weighted by atomic mass is 16.5. The van der Waals surface area contributed by atoms with Crippen LogP contribution in [-0.4, -0.2) is 26.7 Å². The fourth-order valence-corrected chi connectivity index (χ4v) is 5.20. The third kappa shape index (κ3) is 7.46. The van der Waals surface area contributed by atoms with E-state index in [1.54, 1.807) is 0 Å². The second-order valence-electron chi connectivity index (χ2n) is 11.4. The van der Waals surface area contributed by atoms with Crippen molar-refractivity contribution in [1.82, 2.24) is 15.2 Å². The summed E-state index contributed by atoms with van der Waals surface area (Å²) in [5, 5.41) is 13.9. The number of carbonyl (C=O) groups excluding carboxylic acids is 1. The summed E-state index contributed by atoms with van der Waals surface area (Å²) >= 11 is 0. The van der Waals surface area contributed by atoms with E-state index >= 15 is 0 Å². The van der Waals surface area contributed by atoms with Crippen LogP contribution in [0.2, 0.25) is 0 Å². The third-order valence-corrected chi connectivity index (χ3v) is 7.63. The summed E-state index contributed by atoms with van der Waals surface area (Å²) in [6.07, 6.45) is 9.25. The number of rotatable bonds is 10. The molecule has 7 nitrogen and oxygen atoms in total. The number of carbonyl (C=O) groups is 1. The number of hydrogen-bond donors (Lipinski definition) is 3. The number of ether oxygens (including phenoxy) is 1. The summed E-state index contributed by atoms with van der Waals surface area (Å²) in [5.74, 6) is 1.87. The van der Waals surface area contributed by atoms with Crippen LogP contribution < -0.4 is 15.4 Å². The van der Waals surface area contributed by atoms with Gasteiger partial charge < -0.3 is 15.4 Å². The number of pyridine rings is 1. The lowest BCUT2D eigenvalue weighted by Crippen LogP contribution is -2.30. The quantitative estimate of drug-likeness (QED) is 0.141. The first-order valence-corrected chi connectivity index (χ1v) is 14.9. The van der Waals surface area contributed by atoms with Crippen LogP contribution in [0.15, 0.2) is 134 Å². The molecule has 0 bridgehead atoms. The standard InChI is InChI=1S/C38H35N5O2/c1-4-37(44)39-31-12-8-11-30(24-31)33-22-28(21-27-9-6-5-7-10-27)23-35(40-33)41-36-25-34(42-43-36)29-13-15-32(16-14-29)45-38(3)19-17-26(2)18-20-38/h4-19,22-25H,1,20-21H2,2-3H3,(H,39,44)(H2,40,41,42,43). The lowest BCUT2D eigenvalue weighted by atomic mass is 9.94. The van der Waals surface area contributed by atoms with Crippen LogP contribution in [0, 0.1) is 0 Å². The van der Waals surface area contributed by atoms with Gasteiger partial charge in [0.1, 0.15) is 17.2 Å². The van der Waals surface area contributed by atoms with Gasteiger partial charge in [-0.3, -0.25) is 9.89 Å². The topological polar surface area (TPSA) is 91.9 Å². The number of aromatic amines is 1. The fraction of sp³-hybridized carbons (Fsp3) is 0.132. The highest BCUT2D eigenvalue weighted by molar-refractivity contribution is 5.99. The van der Waals surface area contributed by atoms with Crippen molar-refractivity contribution in [3.05, 3.63) is 145 Å². The average molecular weight is 594 g/mol. The molecule has 3 aromatic carbocycles. The minimum Gasteiger partial charge on any atom is -0.483 e. The number of nitrogens with one attached hydrogen (secondary N) is 3. The number of amides is 1. The van der Waals surface area contributed by atoms with Crippen LogP contribution in [0.25, 0.3) is 22.5 Å². The second-order valence-corrected chi connectivity index (χ2v) is 11.4. The second kappa shape index (κ2) is 12.9. The average Bonchev–Trinajstić information content (AvgIpc) is 3.52. The number of anilines is 3. The number of nitrogens with zero attached hydrogens (tertiary/aromatic N) is 2. The fourth-order valence-electron chi connectivity index (χ4n) is 5.20. The van der Waals surface area contributed by atoms with Crippen molar-refractivity contribution >= 4 is 23.2 Å². The largest absolute Gasteiger partial charge is 0.483 e. The van der Waals surface area contributed by atoms with Crippen LogP contribution in [0.1, 0.15) is 31.4 Å². The van der Waals surface area contributed by atoms with E-state index in [2.05, 4.69) is 77.7 Å². The van der Waals surface area contributed by atoms with Crippen LogP contribution in [0.3, 0.4) is 0 Å². The molecule has 0 radical (unpaired) electrons. The van der Waals surface area contributed by atoms with Crippen molar-refractivity contribution < 1.29 is 9.53 Å². The number of aromatic nitrogens is 3. The molecule has 1 unspecified atom stereocenters. The smallest absolute Gasteiger partial charge is 0.247 e. The summed E-state index contributed by atoms with van der Waals surface area (Å²) in [6, 6.07) is 32.0. The molecule has 0 aliphatic heterocycles. The molecule has 0 spiro atoms. The van der Waals surface area contributed by atoms with Crippen molar-refractivity contribution in [1.29, 1.82) is 0 Å². The van der Waals surface area contributed by atoms with Gasteiger partial charge in [0.25, 0.3) is 0 Å². The first kappa shape index (κ1) is 29.4. The number of allylic oxidation sites excluding steroid dienone is 2. The molecule has 3 N–H and O–H groups in total. The molecule has 2 aromatic heterocycles. The van der Waals surface area contributed by atoms with E-state index in [1.807, 2.05) is 78.9 Å². The van der Waals surface area contributed by atoms with Crippen LogP contribution in [-0.2, 0) is 11.2 Å². The minimum atomic E-state index is -0.353. The lowest BCUT2D eigenvalue weighted by Gasteiger charge is -2.29. The van der Waals surface area contributed by atoms with Gasteiger partial charge in [-0.2, -0.15) is 5.10 Å². The van der Waals surface area contributed by atoms with Gasteiger partial charge >= 0.3 is 0 Å². The Morgan fingerprint density at radius 3 is 2.53 bits per heavy atom. The summed E-state index contributed by atoms with van der Waals surface area (Å²) < 4.78 is 6.30. The van der Waals surface area contributed by atoms with Gasteiger partial charge in [-0.1, -0.05) is 66.8 Å². The van der Waals surface area contributed by atoms with E-state index < -0.39 is 0 Å². The van der Waals surface area contributed by atoms with Gasteiger partial charge in [-0.25, -0.2) is 4.98 Å². The molecular weight excluding hydrogens is 558 g/mol. The zero-order chi connectivity index (χ0) is 31.2. The number of benzene rings is 3. The van der Waals surface area contributed by atoms with Crippen molar-refractivity contribution in [2.75, 3.05) is 10.6 Å². The summed E-state index contributed by atoms with van der Waals surface area (Å²) in [6.45, 7) is 7.74. The molecule has 7 heteroatoms. The Bertz CT molecular complexity index is 1890. The van der Waals surface area contributed by atoms with E-state index in [-0.39, 0.29) is 11.5 Å². The van der Waals surface area contributed by atoms with Crippen LogP contribution in [0.5, 0.6) is 5.75 Å². The molecule has 45 heavy (non-hydrogen) atoms. The molecule has 1 aliphatic carbocycles. The Labute approximate surface area is 263 Å². The molecule has 1 amide bonds. The van der Waals surface area contributed by atoms with Crippen molar-refractivity contribution in [2.24, 2.45) is 0 Å². The predicted octanol–water partition coefficient (Wildman–Crippen LogP) is 8.64. The highest BCUT2D eigenvalue weighted by Crippen LogP contribution is 2.31. The molecule has 1 aliphatic rings. The Kier molecular flexibility index (Phi) is 8.42. The molecule has 224 valence electrons. The van der Waals surface area contributed by atoms with Gasteiger partial charge in [0.15, 0.2) is 5.82 Å². The first-order valence-electron chi connectivity index (χ1n) is 14.9. The highest BCUT2D eigenvalue weighted by Gasteiger charge is 2.24. The van der Waals surface area contributed by atoms with E-state index in [0.29, 0.717) is 17.3 Å². The SMILES string of the molecule is C=CC(=O)Nc1cccc(-c2cc(Cc3ccccc3)cc(Nc3cc(-c4ccc(OC5(C)C=CC(C)=CC5)cc4)[nH]n3)n2)c1. The molecule has 0 fully saturated rings. The molecule has 0 saturated carbocycles. The minimum absolute atomic E-state index is 0.264. The number of H-pyrrole nitrogens is 1. The molecule has 2 heterocycles. The zero-order valence-corrected chi connectivity index (χ0v) is 25.4. The molecular formula is C38H35N5O2. The number of hydrogen-bond acceptors (Lipinski definition) is 5. The van der Waals surface area contributed by atoms with E-state index in [0.717, 1.165) is 46.7 Å². The summed E-state index contributed by atoms with van der Waals surface area (Å²) in [5.41, 5.74) is 7.39. The van der Waals surface area contributed by atoms with Crippen LogP contribution in [0.4, 0.5) is 17.3 Å². The van der Waals surface area contributed by atoms with E-state index in [9.17, 15) is 4.79 Å². The van der Waals surface area contributed by atoms with E-state index in [1.165, 1.54) is 17.2 Å². The predicted molar refractivity (Wildman–Crippen MR) is 182 cm³/mol. The lowest BCUT2D eigenvalue weighted by molar-refractivity contribution is -0.111. The maximum Gasteiger partial charge on any atom is 0.247 e. The first-order chi connectivity index (χ1) is 21.8. The molecule has 6 rings (SSSR count). The Balaban J connectivity index is 1.23. The van der Waals surface area contributed by atoms with E-state index in [4.69, 9.17) is 9.72 Å². The van der Waals surface area contributed by atoms with Crippen molar-refractivity contribution in [2.45, 2.75) is 32.3 Å².